The number of carbonyl (C=O) groups excluding carboxylic acids is 3. The van der Waals surface area contributed by atoms with E-state index in [4.69, 9.17) is 16.3 Å². The number of hydrogen-bond acceptors (Lipinski definition) is 7. The number of rotatable bonds is 7. The van der Waals surface area contributed by atoms with Crippen LogP contribution in [0, 0.1) is 0 Å². The minimum Gasteiger partial charge on any atom is -0.492 e. The highest BCUT2D eigenvalue weighted by atomic mass is 35.5. The quantitative estimate of drug-likeness (QED) is 0.283. The molecule has 0 saturated carbocycles. The van der Waals surface area contributed by atoms with Gasteiger partial charge < -0.3 is 25.6 Å². The van der Waals surface area contributed by atoms with E-state index < -0.39 is 23.9 Å². The molecular formula is C30H38ClN7O4. The first kappa shape index (κ1) is 31.0. The molecule has 0 fully saturated rings. The average Bonchev–Trinajstić information content (AvgIpc) is 3.43. The second-order valence-electron chi connectivity index (χ2n) is 10.6. The minimum atomic E-state index is -0.868. The zero-order chi connectivity index (χ0) is 29.9. The van der Waals surface area contributed by atoms with Gasteiger partial charge in [-0.2, -0.15) is 0 Å². The van der Waals surface area contributed by atoms with Gasteiger partial charge in [-0.05, 0) is 63.7 Å². The van der Waals surface area contributed by atoms with Crippen molar-refractivity contribution in [1.82, 2.24) is 35.8 Å². The molecule has 1 aromatic heterocycles. The van der Waals surface area contributed by atoms with Gasteiger partial charge in [-0.1, -0.05) is 47.1 Å². The van der Waals surface area contributed by atoms with Gasteiger partial charge in [0.15, 0.2) is 0 Å². The van der Waals surface area contributed by atoms with Gasteiger partial charge in [0.25, 0.3) is 5.91 Å². The highest BCUT2D eigenvalue weighted by molar-refractivity contribution is 6.32. The molecule has 0 spiro atoms. The number of carbonyl (C=O) groups is 3. The van der Waals surface area contributed by atoms with Gasteiger partial charge in [0.2, 0.25) is 11.8 Å². The van der Waals surface area contributed by atoms with Crippen LogP contribution in [0.2, 0.25) is 5.02 Å². The summed E-state index contributed by atoms with van der Waals surface area (Å²) in [6.45, 7) is 1.95. The molecule has 2 aliphatic rings. The fraction of sp³-hybridized carbons (Fsp3) is 0.433. The fourth-order valence-corrected chi connectivity index (χ4v) is 4.85. The second-order valence-corrected chi connectivity index (χ2v) is 11.0. The third-order valence-electron chi connectivity index (χ3n) is 6.90. The lowest BCUT2D eigenvalue weighted by atomic mass is 10.0. The maximum atomic E-state index is 13.6. The molecule has 11 nitrogen and oxygen atoms in total. The first-order valence-electron chi connectivity index (χ1n) is 14.2. The van der Waals surface area contributed by atoms with Crippen molar-refractivity contribution in [1.29, 1.82) is 0 Å². The normalized spacial score (nSPS) is 18.6. The zero-order valence-corrected chi connectivity index (χ0v) is 24.8. The molecule has 3 amide bonds. The smallest absolute Gasteiger partial charge is 0.251 e. The number of unbranched alkanes of at least 4 members (excludes halogenated alkanes) is 1. The molecular weight excluding hydrogens is 558 g/mol. The molecule has 2 aromatic carbocycles. The highest BCUT2D eigenvalue weighted by Crippen LogP contribution is 2.26. The van der Waals surface area contributed by atoms with E-state index in [1.165, 1.54) is 6.07 Å². The maximum Gasteiger partial charge on any atom is 0.251 e. The number of halogens is 1. The lowest BCUT2D eigenvalue weighted by Crippen LogP contribution is -2.54. The summed E-state index contributed by atoms with van der Waals surface area (Å²) in [6.07, 6.45) is 4.65. The number of aromatic nitrogens is 3. The number of nitrogens with one attached hydrogen (secondary N) is 3. The average molecular weight is 596 g/mol. The molecule has 0 aliphatic carbocycles. The molecule has 2 atom stereocenters. The molecule has 4 bridgehead atoms. The maximum absolute atomic E-state index is 13.6. The van der Waals surface area contributed by atoms with Gasteiger partial charge in [-0.15, -0.1) is 5.10 Å². The van der Waals surface area contributed by atoms with Gasteiger partial charge >= 0.3 is 0 Å². The topological polar surface area (TPSA) is 130 Å². The van der Waals surface area contributed by atoms with E-state index in [-0.39, 0.29) is 18.9 Å². The Morgan fingerprint density at radius 3 is 2.60 bits per heavy atom. The van der Waals surface area contributed by atoms with Crippen LogP contribution in [-0.2, 0) is 29.1 Å². The molecule has 3 N–H and O–H groups in total. The lowest BCUT2D eigenvalue weighted by Gasteiger charge is -2.24. The van der Waals surface area contributed by atoms with E-state index in [9.17, 15) is 14.4 Å². The predicted octanol–water partition coefficient (Wildman–Crippen LogP) is 2.59. The Bertz CT molecular complexity index is 1350. The molecule has 0 radical (unpaired) electrons. The highest BCUT2D eigenvalue weighted by Gasteiger charge is 2.27. The van der Waals surface area contributed by atoms with Crippen molar-refractivity contribution < 1.29 is 19.1 Å². The molecule has 224 valence electrons. The summed E-state index contributed by atoms with van der Waals surface area (Å²) in [7, 11) is 3.97. The molecule has 2 aliphatic heterocycles. The Balaban J connectivity index is 1.59. The molecule has 42 heavy (non-hydrogen) atoms. The summed E-state index contributed by atoms with van der Waals surface area (Å²) in [5.41, 5.74) is 1.79. The monoisotopic (exact) mass is 595 g/mol. The lowest BCUT2D eigenvalue weighted by molar-refractivity contribution is -0.130. The van der Waals surface area contributed by atoms with E-state index in [0.29, 0.717) is 54.4 Å². The van der Waals surface area contributed by atoms with Crippen LogP contribution in [0.4, 0.5) is 0 Å². The van der Waals surface area contributed by atoms with E-state index in [1.54, 1.807) is 23.0 Å². The van der Waals surface area contributed by atoms with E-state index in [2.05, 4.69) is 31.2 Å². The third-order valence-corrected chi connectivity index (χ3v) is 7.19. The summed E-state index contributed by atoms with van der Waals surface area (Å²) in [5.74, 6) is -0.763. The van der Waals surface area contributed by atoms with Crippen LogP contribution in [0.5, 0.6) is 5.75 Å². The predicted molar refractivity (Wildman–Crippen MR) is 159 cm³/mol. The Hall–Kier alpha value is -3.96. The number of aryl methyl sites for hydroxylation is 1. The number of hydrogen-bond donors (Lipinski definition) is 3. The van der Waals surface area contributed by atoms with Crippen molar-refractivity contribution in [2.45, 2.75) is 57.3 Å². The summed E-state index contributed by atoms with van der Waals surface area (Å²) < 4.78 is 7.49. The molecule has 12 heteroatoms. The van der Waals surface area contributed by atoms with Crippen LogP contribution in [0.25, 0.3) is 0 Å². The van der Waals surface area contributed by atoms with Gasteiger partial charge in [0.1, 0.15) is 23.5 Å². The summed E-state index contributed by atoms with van der Waals surface area (Å²) in [4.78, 5) is 42.3. The zero-order valence-electron chi connectivity index (χ0n) is 24.0. The van der Waals surface area contributed by atoms with Crippen molar-refractivity contribution in [2.24, 2.45) is 0 Å². The molecule has 3 heterocycles. The summed E-state index contributed by atoms with van der Waals surface area (Å²) in [5, 5.41) is 17.2. The molecule has 0 saturated heterocycles. The van der Waals surface area contributed by atoms with Crippen molar-refractivity contribution in [3.63, 3.8) is 0 Å². The number of benzene rings is 2. The van der Waals surface area contributed by atoms with Gasteiger partial charge in [-0.3, -0.25) is 19.1 Å². The standard InChI is InChI=1S/C30H38ClN7O4/c1-37(2)14-7-6-11-25-30(41)34-26(17-21-9-4-3-5-10-21)29(40)32-19-23-20-38(36-35-23)15-8-16-42-27-13-12-22(18-24(27)31)28(39)33-25/h3-5,9-10,12-13,18,20,25-26H,6-8,11,14-17,19H2,1-2H3,(H,32,40)(H,33,39)(H,34,41)/t25-,26-/m0/s1. The van der Waals surface area contributed by atoms with Crippen LogP contribution in [0.3, 0.4) is 0 Å². The largest absolute Gasteiger partial charge is 0.492 e. The molecule has 3 aromatic rings. The number of fused-ring (bicyclic) bond motifs is 13. The van der Waals surface area contributed by atoms with Crippen LogP contribution < -0.4 is 20.7 Å². The first-order chi connectivity index (χ1) is 20.3. The van der Waals surface area contributed by atoms with Gasteiger partial charge in [0, 0.05) is 24.9 Å². The van der Waals surface area contributed by atoms with Crippen LogP contribution >= 0.6 is 11.6 Å². The van der Waals surface area contributed by atoms with Crippen molar-refractivity contribution in [3.8, 4) is 5.75 Å². The Labute approximate surface area is 250 Å². The van der Waals surface area contributed by atoms with E-state index >= 15 is 0 Å². The van der Waals surface area contributed by atoms with Gasteiger partial charge in [-0.25, -0.2) is 0 Å². The summed E-state index contributed by atoms with van der Waals surface area (Å²) in [6, 6.07) is 12.5. The number of ether oxygens (including phenoxy) is 1. The van der Waals surface area contributed by atoms with Gasteiger partial charge in [0.05, 0.1) is 24.4 Å². The van der Waals surface area contributed by atoms with Crippen LogP contribution in [-0.4, -0.2) is 76.9 Å². The Morgan fingerprint density at radius 1 is 1.02 bits per heavy atom. The fourth-order valence-electron chi connectivity index (χ4n) is 4.62. The molecule has 5 rings (SSSR count). The van der Waals surface area contributed by atoms with E-state index in [1.807, 2.05) is 44.4 Å². The number of nitrogens with zero attached hydrogens (tertiary/aromatic N) is 4. The van der Waals surface area contributed by atoms with Crippen molar-refractivity contribution in [2.75, 3.05) is 27.2 Å². The Morgan fingerprint density at radius 2 is 1.83 bits per heavy atom. The number of amides is 3. The minimum absolute atomic E-state index is 0.155. The third kappa shape index (κ3) is 9.28. The molecule has 0 unspecified atom stereocenters. The van der Waals surface area contributed by atoms with E-state index in [0.717, 1.165) is 18.5 Å². The SMILES string of the molecule is CN(C)CCCC[C@@H]1NC(=O)c2ccc(c(Cl)c2)OCCCn2cc(nn2)CNC(=O)[C@H](Cc2ccccc2)NC1=O. The first-order valence-corrected chi connectivity index (χ1v) is 14.6. The van der Waals surface area contributed by atoms with Crippen molar-refractivity contribution in [3.05, 3.63) is 76.6 Å². The van der Waals surface area contributed by atoms with Crippen molar-refractivity contribution >= 4 is 29.3 Å². The Kier molecular flexibility index (Phi) is 11.3. The summed E-state index contributed by atoms with van der Waals surface area (Å²) >= 11 is 6.43. The van der Waals surface area contributed by atoms with Crippen LogP contribution in [0.1, 0.15) is 47.3 Å². The van der Waals surface area contributed by atoms with Crippen LogP contribution in [0.15, 0.2) is 54.7 Å². The second kappa shape index (κ2) is 15.3.